The quantitative estimate of drug-likeness (QED) is 0.490. The molecule has 3 heteroatoms. The van der Waals surface area contributed by atoms with Crippen LogP contribution in [0.25, 0.3) is 0 Å². The topological polar surface area (TPSA) is 12.0 Å². The second-order valence-electron chi connectivity index (χ2n) is 4.43. The Balaban J connectivity index is 2.52. The Morgan fingerprint density at radius 1 is 1.39 bits per heavy atom. The minimum atomic E-state index is 0.342. The van der Waals surface area contributed by atoms with Gasteiger partial charge in [-0.1, -0.05) is 52.5 Å². The van der Waals surface area contributed by atoms with Gasteiger partial charge in [-0.25, -0.2) is 0 Å². The molecule has 0 fully saturated rings. The molecule has 1 rings (SSSR count). The lowest BCUT2D eigenvalue weighted by atomic mass is 10.00. The zero-order valence-electron chi connectivity index (χ0n) is 10.9. The number of nitrogens with one attached hydrogen (secondary N) is 1. The van der Waals surface area contributed by atoms with Crippen LogP contribution in [-0.4, -0.2) is 7.05 Å². The molecule has 0 bridgehead atoms. The molecule has 1 N–H and O–H groups in total. The van der Waals surface area contributed by atoms with E-state index in [-0.39, 0.29) is 0 Å². The maximum atomic E-state index is 6.28. The van der Waals surface area contributed by atoms with E-state index in [9.17, 15) is 0 Å². The van der Waals surface area contributed by atoms with Gasteiger partial charge in [-0.05, 0) is 44.0 Å². The summed E-state index contributed by atoms with van der Waals surface area (Å²) in [6, 6.07) is 6.44. The van der Waals surface area contributed by atoms with Crippen molar-refractivity contribution < 1.29 is 0 Å². The summed E-state index contributed by atoms with van der Waals surface area (Å²) in [5.74, 6) is 0. The molecule has 0 saturated heterocycles. The van der Waals surface area contributed by atoms with Crippen molar-refractivity contribution in [3.8, 4) is 0 Å². The van der Waals surface area contributed by atoms with Crippen molar-refractivity contribution in [2.75, 3.05) is 7.05 Å². The number of rotatable bonds is 8. The number of hydrogen-bond acceptors (Lipinski definition) is 1. The molecule has 18 heavy (non-hydrogen) atoms. The smallest absolute Gasteiger partial charge is 0.0465 e. The highest BCUT2D eigenvalue weighted by molar-refractivity contribution is 9.10. The van der Waals surface area contributed by atoms with E-state index in [0.29, 0.717) is 6.04 Å². The lowest BCUT2D eigenvalue weighted by Gasteiger charge is -2.18. The largest absolute Gasteiger partial charge is 0.313 e. The van der Waals surface area contributed by atoms with Gasteiger partial charge in [0.25, 0.3) is 0 Å². The molecule has 0 saturated carbocycles. The molecule has 0 heterocycles. The SMILES string of the molecule is C=CCCCCCC(NC)c1ccc(Br)cc1Cl. The fourth-order valence-corrected chi connectivity index (χ4v) is 2.86. The molecule has 1 aromatic rings. The molecular weight excluding hydrogens is 310 g/mol. The third kappa shape index (κ3) is 5.13. The molecule has 1 nitrogen and oxygen atoms in total. The molecule has 1 atom stereocenters. The predicted octanol–water partition coefficient (Wildman–Crippen LogP) is 5.50. The third-order valence-electron chi connectivity index (χ3n) is 3.09. The highest BCUT2D eigenvalue weighted by atomic mass is 79.9. The van der Waals surface area contributed by atoms with Crippen LogP contribution in [0.15, 0.2) is 35.3 Å². The first-order chi connectivity index (χ1) is 8.69. The van der Waals surface area contributed by atoms with E-state index in [2.05, 4.69) is 33.9 Å². The van der Waals surface area contributed by atoms with Crippen LogP contribution in [0.2, 0.25) is 5.02 Å². The lowest BCUT2D eigenvalue weighted by molar-refractivity contribution is 0.508. The monoisotopic (exact) mass is 329 g/mol. The Hall–Kier alpha value is -0.310. The maximum Gasteiger partial charge on any atom is 0.0465 e. The third-order valence-corrected chi connectivity index (χ3v) is 3.91. The van der Waals surface area contributed by atoms with Crippen LogP contribution in [0.3, 0.4) is 0 Å². The fraction of sp³-hybridized carbons (Fsp3) is 0.467. The van der Waals surface area contributed by atoms with E-state index in [1.807, 2.05) is 25.3 Å². The molecule has 1 unspecified atom stereocenters. The molecule has 0 aliphatic rings. The van der Waals surface area contributed by atoms with Gasteiger partial charge in [0.1, 0.15) is 0 Å². The summed E-state index contributed by atoms with van der Waals surface area (Å²) in [5, 5.41) is 4.18. The first-order valence-electron chi connectivity index (χ1n) is 6.42. The van der Waals surface area contributed by atoms with Crippen LogP contribution >= 0.6 is 27.5 Å². The molecule has 0 spiro atoms. The van der Waals surface area contributed by atoms with Crippen molar-refractivity contribution in [1.29, 1.82) is 0 Å². The molecule has 0 aliphatic carbocycles. The molecule has 0 aliphatic heterocycles. The molecule has 0 radical (unpaired) electrons. The second-order valence-corrected chi connectivity index (χ2v) is 5.76. The van der Waals surface area contributed by atoms with E-state index in [4.69, 9.17) is 11.6 Å². The summed E-state index contributed by atoms with van der Waals surface area (Å²) in [6.45, 7) is 3.74. The summed E-state index contributed by atoms with van der Waals surface area (Å²) in [4.78, 5) is 0. The van der Waals surface area contributed by atoms with Crippen molar-refractivity contribution in [3.63, 3.8) is 0 Å². The number of hydrogen-bond donors (Lipinski definition) is 1. The highest BCUT2D eigenvalue weighted by Gasteiger charge is 2.12. The van der Waals surface area contributed by atoms with Crippen molar-refractivity contribution >= 4 is 27.5 Å². The Labute approximate surface area is 124 Å². The fourth-order valence-electron chi connectivity index (χ4n) is 2.05. The number of allylic oxidation sites excluding steroid dienone is 1. The van der Waals surface area contributed by atoms with Gasteiger partial charge in [-0.2, -0.15) is 0 Å². The molecule has 0 aromatic heterocycles. The normalized spacial score (nSPS) is 12.4. The number of benzene rings is 1. The van der Waals surface area contributed by atoms with E-state index < -0.39 is 0 Å². The van der Waals surface area contributed by atoms with Gasteiger partial charge in [0.2, 0.25) is 0 Å². The van der Waals surface area contributed by atoms with Gasteiger partial charge < -0.3 is 5.32 Å². The van der Waals surface area contributed by atoms with Crippen LogP contribution in [0, 0.1) is 0 Å². The molecule has 1 aromatic carbocycles. The number of halogens is 2. The Morgan fingerprint density at radius 2 is 2.17 bits per heavy atom. The van der Waals surface area contributed by atoms with Crippen LogP contribution in [-0.2, 0) is 0 Å². The van der Waals surface area contributed by atoms with Crippen molar-refractivity contribution in [2.45, 2.75) is 38.1 Å². The molecule has 0 amide bonds. The van der Waals surface area contributed by atoms with Crippen LogP contribution < -0.4 is 5.32 Å². The minimum absolute atomic E-state index is 0.342. The van der Waals surface area contributed by atoms with Crippen LogP contribution in [0.4, 0.5) is 0 Å². The van der Waals surface area contributed by atoms with E-state index in [0.717, 1.165) is 22.3 Å². The first-order valence-corrected chi connectivity index (χ1v) is 7.59. The Morgan fingerprint density at radius 3 is 2.78 bits per heavy atom. The van der Waals surface area contributed by atoms with Crippen molar-refractivity contribution in [3.05, 3.63) is 45.9 Å². The van der Waals surface area contributed by atoms with E-state index in [1.54, 1.807) is 0 Å². The Kier molecular flexibility index (Phi) is 7.64. The second kappa shape index (κ2) is 8.73. The average Bonchev–Trinajstić information content (AvgIpc) is 2.35. The van der Waals surface area contributed by atoms with Crippen molar-refractivity contribution in [1.82, 2.24) is 5.32 Å². The van der Waals surface area contributed by atoms with Gasteiger partial charge >= 0.3 is 0 Å². The molecular formula is C15H21BrClN. The number of unbranched alkanes of at least 4 members (excludes halogenated alkanes) is 3. The maximum absolute atomic E-state index is 6.28. The average molecular weight is 331 g/mol. The first kappa shape index (κ1) is 15.7. The highest BCUT2D eigenvalue weighted by Crippen LogP contribution is 2.29. The summed E-state index contributed by atoms with van der Waals surface area (Å²) in [7, 11) is 1.99. The summed E-state index contributed by atoms with van der Waals surface area (Å²) in [6.07, 6.45) is 7.91. The zero-order chi connectivity index (χ0) is 13.4. The van der Waals surface area contributed by atoms with E-state index in [1.165, 1.54) is 24.8 Å². The molecule has 100 valence electrons. The summed E-state index contributed by atoms with van der Waals surface area (Å²) < 4.78 is 1.03. The Bertz CT molecular complexity index is 379. The van der Waals surface area contributed by atoms with Gasteiger partial charge in [-0.15, -0.1) is 6.58 Å². The summed E-state index contributed by atoms with van der Waals surface area (Å²) >= 11 is 9.72. The van der Waals surface area contributed by atoms with Crippen LogP contribution in [0.1, 0.15) is 43.7 Å². The standard InChI is InChI=1S/C15H21BrClN/c1-3-4-5-6-7-8-15(18-2)13-10-9-12(16)11-14(13)17/h3,9-11,15,18H,1,4-8H2,2H3. The van der Waals surface area contributed by atoms with Crippen molar-refractivity contribution in [2.24, 2.45) is 0 Å². The summed E-state index contributed by atoms with van der Waals surface area (Å²) in [5.41, 5.74) is 1.19. The van der Waals surface area contributed by atoms with Gasteiger partial charge in [-0.3, -0.25) is 0 Å². The van der Waals surface area contributed by atoms with Gasteiger partial charge in [0, 0.05) is 15.5 Å². The zero-order valence-corrected chi connectivity index (χ0v) is 13.2. The van der Waals surface area contributed by atoms with Crippen LogP contribution in [0.5, 0.6) is 0 Å². The lowest BCUT2D eigenvalue weighted by Crippen LogP contribution is -2.16. The predicted molar refractivity (Wildman–Crippen MR) is 84.2 cm³/mol. The van der Waals surface area contributed by atoms with Gasteiger partial charge in [0.05, 0.1) is 0 Å². The van der Waals surface area contributed by atoms with E-state index >= 15 is 0 Å². The van der Waals surface area contributed by atoms with Gasteiger partial charge in [0.15, 0.2) is 0 Å². The minimum Gasteiger partial charge on any atom is -0.313 e.